The fourth-order valence-electron chi connectivity index (χ4n) is 3.72. The molecule has 28 heavy (non-hydrogen) atoms. The fraction of sp³-hybridized carbons (Fsp3) is 0.500. The van der Waals surface area contributed by atoms with Crippen molar-refractivity contribution in [2.24, 2.45) is 0 Å². The number of aromatic nitrogens is 2. The fourth-order valence-corrected chi connectivity index (χ4v) is 3.72. The van der Waals surface area contributed by atoms with Crippen molar-refractivity contribution in [2.45, 2.75) is 58.7 Å². The molecular weight excluding hydrogens is 358 g/mol. The van der Waals surface area contributed by atoms with Crippen LogP contribution in [-0.2, 0) is 16.1 Å². The third kappa shape index (κ3) is 3.34. The maximum Gasteiger partial charge on any atom is 0.325 e. The van der Waals surface area contributed by atoms with Crippen LogP contribution in [0, 0.1) is 0 Å². The Labute approximate surface area is 164 Å². The van der Waals surface area contributed by atoms with Gasteiger partial charge < -0.3 is 15.2 Å². The van der Waals surface area contributed by atoms with Crippen LogP contribution in [0.1, 0.15) is 52.4 Å². The maximum atomic E-state index is 12.6. The molecule has 0 spiro atoms. The molecule has 1 aliphatic heterocycles. The Bertz CT molecular complexity index is 914. The highest BCUT2D eigenvalue weighted by Gasteiger charge is 2.49. The van der Waals surface area contributed by atoms with Gasteiger partial charge in [-0.2, -0.15) is 0 Å². The van der Waals surface area contributed by atoms with E-state index in [0.29, 0.717) is 12.8 Å². The van der Waals surface area contributed by atoms with Crippen molar-refractivity contribution in [2.75, 3.05) is 6.54 Å². The second-order valence-corrected chi connectivity index (χ2v) is 7.37. The Balaban J connectivity index is 1.70. The van der Waals surface area contributed by atoms with Crippen molar-refractivity contribution in [1.29, 1.82) is 0 Å². The average molecular weight is 385 g/mol. The molecule has 150 valence electrons. The lowest BCUT2D eigenvalue weighted by atomic mass is 9.93. The molecule has 1 aromatic carbocycles. The molecule has 0 radical (unpaired) electrons. The average Bonchev–Trinajstić information content (AvgIpc) is 3.16. The van der Waals surface area contributed by atoms with Gasteiger partial charge in [-0.3, -0.25) is 14.5 Å². The molecule has 0 unspecified atom stereocenters. The van der Waals surface area contributed by atoms with Crippen molar-refractivity contribution < 1.29 is 14.4 Å². The summed E-state index contributed by atoms with van der Waals surface area (Å²) in [6, 6.07) is 7.47. The summed E-state index contributed by atoms with van der Waals surface area (Å²) in [5, 5.41) is 5.52. The van der Waals surface area contributed by atoms with E-state index in [0.717, 1.165) is 21.8 Å². The first-order chi connectivity index (χ1) is 13.3. The second kappa shape index (κ2) is 7.61. The minimum atomic E-state index is -0.900. The zero-order chi connectivity index (χ0) is 20.5. The first-order valence-corrected chi connectivity index (χ1v) is 9.69. The Morgan fingerprint density at radius 3 is 2.50 bits per heavy atom. The van der Waals surface area contributed by atoms with Gasteiger partial charge in [0.25, 0.3) is 5.91 Å². The highest BCUT2D eigenvalue weighted by Crippen LogP contribution is 2.25. The van der Waals surface area contributed by atoms with Crippen LogP contribution < -0.4 is 10.6 Å². The number of imidazole rings is 1. The third-order valence-corrected chi connectivity index (χ3v) is 5.38. The van der Waals surface area contributed by atoms with Gasteiger partial charge in [0, 0.05) is 6.04 Å². The highest BCUT2D eigenvalue weighted by molar-refractivity contribution is 6.08. The van der Waals surface area contributed by atoms with Crippen LogP contribution in [0.3, 0.4) is 0 Å². The van der Waals surface area contributed by atoms with Crippen LogP contribution in [0.25, 0.3) is 11.0 Å². The number of carbonyl (C=O) groups excluding carboxylic acids is 3. The lowest BCUT2D eigenvalue weighted by molar-refractivity contribution is -0.135. The summed E-state index contributed by atoms with van der Waals surface area (Å²) in [7, 11) is 0. The van der Waals surface area contributed by atoms with E-state index in [9.17, 15) is 14.4 Å². The molecule has 0 aliphatic carbocycles. The van der Waals surface area contributed by atoms with Crippen LogP contribution in [0.4, 0.5) is 4.79 Å². The Kier molecular flexibility index (Phi) is 5.40. The molecule has 2 N–H and O–H groups in total. The number of imide groups is 1. The van der Waals surface area contributed by atoms with Gasteiger partial charge in [-0.1, -0.05) is 26.0 Å². The topological polar surface area (TPSA) is 96.3 Å². The van der Waals surface area contributed by atoms with Gasteiger partial charge in [-0.05, 0) is 38.8 Å². The summed E-state index contributed by atoms with van der Waals surface area (Å²) in [6.45, 7) is 7.74. The summed E-state index contributed by atoms with van der Waals surface area (Å²) >= 11 is 0. The molecule has 1 fully saturated rings. The molecule has 1 aliphatic rings. The summed E-state index contributed by atoms with van der Waals surface area (Å²) in [4.78, 5) is 42.8. The van der Waals surface area contributed by atoms with Crippen LogP contribution in [0.5, 0.6) is 0 Å². The molecule has 2 aromatic rings. The van der Waals surface area contributed by atoms with E-state index in [-0.39, 0.29) is 25.0 Å². The minimum Gasteiger partial charge on any atom is -0.347 e. The Morgan fingerprint density at radius 2 is 1.89 bits per heavy atom. The van der Waals surface area contributed by atoms with Gasteiger partial charge in [0.05, 0.1) is 17.6 Å². The van der Waals surface area contributed by atoms with Gasteiger partial charge >= 0.3 is 6.03 Å². The maximum absolute atomic E-state index is 12.6. The molecule has 2 heterocycles. The monoisotopic (exact) mass is 385 g/mol. The van der Waals surface area contributed by atoms with E-state index in [2.05, 4.69) is 34.0 Å². The number of nitrogens with one attached hydrogen (secondary N) is 2. The molecule has 0 bridgehead atoms. The van der Waals surface area contributed by atoms with E-state index in [1.165, 1.54) is 0 Å². The van der Waals surface area contributed by atoms with Crippen molar-refractivity contribution in [3.63, 3.8) is 0 Å². The SMILES string of the molecule is CCC1(CC)NC(=O)N(CC(=O)NCc2nc3ccccc3n2C(C)C)C1=O. The largest absolute Gasteiger partial charge is 0.347 e. The molecule has 8 heteroatoms. The number of amides is 4. The highest BCUT2D eigenvalue weighted by atomic mass is 16.2. The lowest BCUT2D eigenvalue weighted by Crippen LogP contribution is -2.46. The molecule has 3 rings (SSSR count). The van der Waals surface area contributed by atoms with Crippen molar-refractivity contribution >= 4 is 28.9 Å². The standard InChI is InChI=1S/C20H27N5O3/c1-5-20(6-2)18(27)24(19(28)23-20)12-17(26)21-11-16-22-14-9-7-8-10-15(14)25(16)13(3)4/h7-10,13H,5-6,11-12H2,1-4H3,(H,21,26)(H,23,28). The number of fused-ring (bicyclic) bond motifs is 1. The van der Waals surface area contributed by atoms with E-state index in [4.69, 9.17) is 0 Å². The number of para-hydroxylation sites is 2. The molecule has 0 atom stereocenters. The number of hydrogen-bond acceptors (Lipinski definition) is 4. The number of nitrogens with zero attached hydrogens (tertiary/aromatic N) is 3. The number of urea groups is 1. The van der Waals surface area contributed by atoms with Crippen LogP contribution in [0.2, 0.25) is 0 Å². The van der Waals surface area contributed by atoms with Gasteiger partial charge in [0.2, 0.25) is 5.91 Å². The molecule has 0 saturated carbocycles. The van der Waals surface area contributed by atoms with Gasteiger partial charge in [-0.25, -0.2) is 9.78 Å². The predicted octanol–water partition coefficient (Wildman–Crippen LogP) is 2.34. The number of carbonyl (C=O) groups is 3. The first-order valence-electron chi connectivity index (χ1n) is 9.69. The van der Waals surface area contributed by atoms with Crippen LogP contribution in [-0.4, -0.2) is 44.4 Å². The van der Waals surface area contributed by atoms with Crippen molar-refractivity contribution in [3.05, 3.63) is 30.1 Å². The summed E-state index contributed by atoms with van der Waals surface area (Å²) in [5.41, 5.74) is 0.972. The molecule has 1 saturated heterocycles. The van der Waals surface area contributed by atoms with E-state index in [1.807, 2.05) is 38.1 Å². The van der Waals surface area contributed by atoms with E-state index in [1.54, 1.807) is 0 Å². The molecule has 1 aromatic heterocycles. The van der Waals surface area contributed by atoms with E-state index < -0.39 is 17.5 Å². The smallest absolute Gasteiger partial charge is 0.325 e. The van der Waals surface area contributed by atoms with Gasteiger partial charge in [-0.15, -0.1) is 0 Å². The minimum absolute atomic E-state index is 0.181. The van der Waals surface area contributed by atoms with Crippen molar-refractivity contribution in [3.8, 4) is 0 Å². The zero-order valence-electron chi connectivity index (χ0n) is 16.8. The number of hydrogen-bond donors (Lipinski definition) is 2. The summed E-state index contributed by atoms with van der Waals surface area (Å²) in [6.07, 6.45) is 0.981. The predicted molar refractivity (Wildman–Crippen MR) is 106 cm³/mol. The summed E-state index contributed by atoms with van der Waals surface area (Å²) < 4.78 is 2.07. The second-order valence-electron chi connectivity index (χ2n) is 7.37. The zero-order valence-corrected chi connectivity index (χ0v) is 16.8. The third-order valence-electron chi connectivity index (χ3n) is 5.38. The lowest BCUT2D eigenvalue weighted by Gasteiger charge is -2.23. The Morgan fingerprint density at radius 1 is 1.21 bits per heavy atom. The van der Waals surface area contributed by atoms with Crippen LogP contribution in [0.15, 0.2) is 24.3 Å². The normalized spacial score (nSPS) is 16.1. The van der Waals surface area contributed by atoms with Crippen LogP contribution >= 0.6 is 0 Å². The number of rotatable bonds is 7. The first kappa shape index (κ1) is 19.9. The molecule has 4 amide bonds. The summed E-state index contributed by atoms with van der Waals surface area (Å²) in [5.74, 6) is -0.000786. The molecule has 8 nitrogen and oxygen atoms in total. The quantitative estimate of drug-likeness (QED) is 0.715. The van der Waals surface area contributed by atoms with Crippen molar-refractivity contribution in [1.82, 2.24) is 25.1 Å². The van der Waals surface area contributed by atoms with E-state index >= 15 is 0 Å². The number of benzene rings is 1. The van der Waals surface area contributed by atoms with Gasteiger partial charge in [0.1, 0.15) is 17.9 Å². The van der Waals surface area contributed by atoms with Gasteiger partial charge in [0.15, 0.2) is 0 Å². The Hall–Kier alpha value is -2.90. The molecular formula is C20H27N5O3.